The third-order valence-corrected chi connectivity index (χ3v) is 6.36. The Labute approximate surface area is 190 Å². The highest BCUT2D eigenvalue weighted by atomic mass is 16.5. The van der Waals surface area contributed by atoms with Crippen LogP contribution in [0.15, 0.2) is 24.3 Å². The van der Waals surface area contributed by atoms with E-state index >= 15 is 0 Å². The van der Waals surface area contributed by atoms with Gasteiger partial charge in [-0.15, -0.1) is 0 Å². The number of nitrogens with one attached hydrogen (secondary N) is 2. The van der Waals surface area contributed by atoms with Gasteiger partial charge in [0.15, 0.2) is 0 Å². The number of nitrogens with zero attached hydrogens (tertiary/aromatic N) is 1. The standard InChI is InChI=1S/C24H38N4O4/c1-24(2,11-19(25)21(29)14-26-13-16-8-9-16)12-22(30)28-15-18(27-23(31)32-3)10-17-6-4-5-7-20(17)28/h4-7,16,18-19,21,26,29H,8-15,25H2,1-3H3,(H,27,31)/t18?,19-,21-/m0/s1. The number of amides is 2. The molecule has 0 saturated heterocycles. The molecule has 0 spiro atoms. The van der Waals surface area contributed by atoms with Crippen LogP contribution in [-0.2, 0) is 16.0 Å². The maximum absolute atomic E-state index is 13.3. The van der Waals surface area contributed by atoms with Gasteiger partial charge in [-0.3, -0.25) is 4.79 Å². The fourth-order valence-corrected chi connectivity index (χ4v) is 4.41. The number of benzene rings is 1. The Morgan fingerprint density at radius 1 is 1.31 bits per heavy atom. The van der Waals surface area contributed by atoms with Crippen LogP contribution in [0.5, 0.6) is 0 Å². The number of anilines is 1. The number of rotatable bonds is 10. The number of carbonyl (C=O) groups is 2. The Morgan fingerprint density at radius 2 is 2.03 bits per heavy atom. The number of alkyl carbamates (subject to hydrolysis) is 1. The first-order chi connectivity index (χ1) is 15.2. The fourth-order valence-electron chi connectivity index (χ4n) is 4.41. The van der Waals surface area contributed by atoms with E-state index in [0.717, 1.165) is 23.7 Å². The Balaban J connectivity index is 1.59. The first kappa shape index (κ1) is 24.5. The number of aliphatic hydroxyl groups is 1. The molecule has 8 nitrogen and oxygen atoms in total. The second-order valence-electron chi connectivity index (χ2n) is 10.0. The van der Waals surface area contributed by atoms with E-state index in [1.165, 1.54) is 20.0 Å². The molecule has 1 aromatic rings. The molecular formula is C24H38N4O4. The van der Waals surface area contributed by atoms with E-state index in [1.807, 2.05) is 38.1 Å². The summed E-state index contributed by atoms with van der Waals surface area (Å²) in [6, 6.07) is 7.14. The number of hydrogen-bond acceptors (Lipinski definition) is 6. The quantitative estimate of drug-likeness (QED) is 0.435. The van der Waals surface area contributed by atoms with Gasteiger partial charge < -0.3 is 31.1 Å². The fraction of sp³-hybridized carbons (Fsp3) is 0.667. The van der Waals surface area contributed by atoms with E-state index in [2.05, 4.69) is 10.6 Å². The number of nitrogens with two attached hydrogens (primary N) is 1. The molecule has 8 heteroatoms. The lowest BCUT2D eigenvalue weighted by atomic mass is 9.80. The van der Waals surface area contributed by atoms with E-state index in [0.29, 0.717) is 32.4 Å². The summed E-state index contributed by atoms with van der Waals surface area (Å²) >= 11 is 0. The lowest BCUT2D eigenvalue weighted by Gasteiger charge is -2.37. The number of aliphatic hydroxyl groups excluding tert-OH is 1. The Hall–Kier alpha value is -2.16. The molecule has 1 aliphatic heterocycles. The summed E-state index contributed by atoms with van der Waals surface area (Å²) in [5, 5.41) is 16.5. The zero-order chi connectivity index (χ0) is 23.3. The minimum Gasteiger partial charge on any atom is -0.453 e. The predicted octanol–water partition coefficient (Wildman–Crippen LogP) is 1.79. The number of hydrogen-bond donors (Lipinski definition) is 4. The first-order valence-corrected chi connectivity index (χ1v) is 11.6. The van der Waals surface area contributed by atoms with Crippen molar-refractivity contribution in [2.24, 2.45) is 17.1 Å². The summed E-state index contributed by atoms with van der Waals surface area (Å²) in [5.41, 5.74) is 7.79. The van der Waals surface area contributed by atoms with E-state index in [-0.39, 0.29) is 17.4 Å². The van der Waals surface area contributed by atoms with Gasteiger partial charge in [-0.25, -0.2) is 4.79 Å². The van der Waals surface area contributed by atoms with Crippen LogP contribution in [0.1, 0.15) is 45.1 Å². The first-order valence-electron chi connectivity index (χ1n) is 11.6. The SMILES string of the molecule is COC(=O)NC1Cc2ccccc2N(C(=O)CC(C)(C)C[C@H](N)[C@@H](O)CNCC2CC2)C1. The summed E-state index contributed by atoms with van der Waals surface area (Å²) in [7, 11) is 1.33. The molecule has 0 aromatic heterocycles. The number of carbonyl (C=O) groups excluding carboxylic acids is 2. The summed E-state index contributed by atoms with van der Waals surface area (Å²) < 4.78 is 4.73. The van der Waals surface area contributed by atoms with Crippen LogP contribution in [0.2, 0.25) is 0 Å². The molecule has 178 valence electrons. The van der Waals surface area contributed by atoms with Crippen molar-refractivity contribution in [2.75, 3.05) is 31.6 Å². The smallest absolute Gasteiger partial charge is 0.407 e. The van der Waals surface area contributed by atoms with Crippen LogP contribution in [-0.4, -0.2) is 62.0 Å². The van der Waals surface area contributed by atoms with E-state index < -0.39 is 18.2 Å². The highest BCUT2D eigenvalue weighted by Gasteiger charge is 2.34. The molecule has 32 heavy (non-hydrogen) atoms. The van der Waals surface area contributed by atoms with Gasteiger partial charge in [0.2, 0.25) is 5.91 Å². The third-order valence-electron chi connectivity index (χ3n) is 6.36. The number of para-hydroxylation sites is 1. The normalized spacial score (nSPS) is 20.3. The van der Waals surface area contributed by atoms with Crippen molar-refractivity contribution in [1.29, 1.82) is 0 Å². The number of methoxy groups -OCH3 is 1. The monoisotopic (exact) mass is 446 g/mol. The molecule has 1 heterocycles. The zero-order valence-corrected chi connectivity index (χ0v) is 19.5. The topological polar surface area (TPSA) is 117 Å². The third kappa shape index (κ3) is 6.92. The molecule has 1 aromatic carbocycles. The zero-order valence-electron chi connectivity index (χ0n) is 19.5. The van der Waals surface area contributed by atoms with Crippen molar-refractivity contribution in [3.05, 3.63) is 29.8 Å². The van der Waals surface area contributed by atoms with Crippen molar-refractivity contribution in [3.63, 3.8) is 0 Å². The van der Waals surface area contributed by atoms with Crippen molar-refractivity contribution in [2.45, 2.75) is 64.1 Å². The average Bonchev–Trinajstić information content (AvgIpc) is 3.56. The largest absolute Gasteiger partial charge is 0.453 e. The van der Waals surface area contributed by atoms with Gasteiger partial charge in [0.25, 0.3) is 0 Å². The summed E-state index contributed by atoms with van der Waals surface area (Å²) in [6.07, 6.45) is 2.85. The Bertz CT molecular complexity index is 796. The van der Waals surface area contributed by atoms with Crippen LogP contribution >= 0.6 is 0 Å². The molecule has 3 rings (SSSR count). The molecule has 3 atom stereocenters. The van der Waals surface area contributed by atoms with Crippen molar-refractivity contribution in [1.82, 2.24) is 10.6 Å². The molecule has 2 aliphatic rings. The van der Waals surface area contributed by atoms with Gasteiger partial charge >= 0.3 is 6.09 Å². The van der Waals surface area contributed by atoms with Crippen molar-refractivity contribution >= 4 is 17.7 Å². The lowest BCUT2D eigenvalue weighted by Crippen LogP contribution is -2.51. The molecule has 0 radical (unpaired) electrons. The maximum atomic E-state index is 13.3. The van der Waals surface area contributed by atoms with Crippen molar-refractivity contribution < 1.29 is 19.4 Å². The van der Waals surface area contributed by atoms with Gasteiger partial charge in [-0.2, -0.15) is 0 Å². The van der Waals surface area contributed by atoms with Crippen LogP contribution in [0, 0.1) is 11.3 Å². The van der Waals surface area contributed by atoms with Crippen LogP contribution in [0.3, 0.4) is 0 Å². The summed E-state index contributed by atoms with van der Waals surface area (Å²) in [5.74, 6) is 0.727. The molecule has 1 unspecified atom stereocenters. The van der Waals surface area contributed by atoms with Crippen LogP contribution in [0.4, 0.5) is 10.5 Å². The van der Waals surface area contributed by atoms with Crippen LogP contribution in [0.25, 0.3) is 0 Å². The van der Waals surface area contributed by atoms with Gasteiger partial charge in [-0.1, -0.05) is 32.0 Å². The molecule has 0 bridgehead atoms. The maximum Gasteiger partial charge on any atom is 0.407 e. The second kappa shape index (κ2) is 10.6. The summed E-state index contributed by atoms with van der Waals surface area (Å²) in [6.45, 7) is 5.81. The molecule has 1 saturated carbocycles. The molecule has 1 aliphatic carbocycles. The Kier molecular flexibility index (Phi) is 8.14. The number of fused-ring (bicyclic) bond motifs is 1. The molecule has 1 fully saturated rings. The van der Waals surface area contributed by atoms with E-state index in [1.54, 1.807) is 4.90 Å². The van der Waals surface area contributed by atoms with E-state index in [4.69, 9.17) is 10.5 Å². The van der Waals surface area contributed by atoms with Gasteiger partial charge in [0, 0.05) is 31.2 Å². The highest BCUT2D eigenvalue weighted by molar-refractivity contribution is 5.95. The predicted molar refractivity (Wildman–Crippen MR) is 124 cm³/mol. The highest BCUT2D eigenvalue weighted by Crippen LogP contribution is 2.33. The average molecular weight is 447 g/mol. The van der Waals surface area contributed by atoms with Crippen LogP contribution < -0.4 is 21.3 Å². The van der Waals surface area contributed by atoms with Gasteiger partial charge in [-0.05, 0) is 55.2 Å². The molecule has 2 amide bonds. The van der Waals surface area contributed by atoms with Gasteiger partial charge in [0.05, 0.1) is 19.3 Å². The van der Waals surface area contributed by atoms with Crippen molar-refractivity contribution in [3.8, 4) is 0 Å². The summed E-state index contributed by atoms with van der Waals surface area (Å²) in [4.78, 5) is 26.8. The number of ether oxygens (including phenoxy) is 1. The Morgan fingerprint density at radius 3 is 2.72 bits per heavy atom. The lowest BCUT2D eigenvalue weighted by molar-refractivity contribution is -0.120. The minimum atomic E-state index is -0.646. The molecule has 5 N–H and O–H groups in total. The minimum absolute atomic E-state index is 0.0210. The molecular weight excluding hydrogens is 408 g/mol. The van der Waals surface area contributed by atoms with Gasteiger partial charge in [0.1, 0.15) is 0 Å². The second-order valence-corrected chi connectivity index (χ2v) is 10.0. The van der Waals surface area contributed by atoms with E-state index in [9.17, 15) is 14.7 Å².